The van der Waals surface area contributed by atoms with Gasteiger partial charge < -0.3 is 5.11 Å². The van der Waals surface area contributed by atoms with E-state index in [4.69, 9.17) is 16.7 Å². The second-order valence-corrected chi connectivity index (χ2v) is 3.61. The van der Waals surface area contributed by atoms with Crippen LogP contribution in [0.2, 0.25) is 0 Å². The van der Waals surface area contributed by atoms with Crippen LogP contribution in [0.25, 0.3) is 0 Å². The van der Waals surface area contributed by atoms with Crippen LogP contribution < -0.4 is 0 Å². The molecule has 1 unspecified atom stereocenters. The molecule has 0 aliphatic carbocycles. The Kier molecular flexibility index (Phi) is 6.13. The molecule has 0 heterocycles. The minimum Gasteiger partial charge on any atom is -0.392 e. The van der Waals surface area contributed by atoms with E-state index in [9.17, 15) is 0 Å². The quantitative estimate of drug-likeness (QED) is 0.520. The SMILES string of the molecule is C=C(C)C(Cl)CC/C(C)=C\CO. The topological polar surface area (TPSA) is 20.2 Å². The highest BCUT2D eigenvalue weighted by molar-refractivity contribution is 6.22. The number of aliphatic hydroxyl groups excluding tert-OH is 1. The number of allylic oxidation sites excluding steroid dienone is 2. The molecule has 0 spiro atoms. The first-order valence-corrected chi connectivity index (χ1v) is 4.57. The molecule has 0 amide bonds. The highest BCUT2D eigenvalue weighted by atomic mass is 35.5. The summed E-state index contributed by atoms with van der Waals surface area (Å²) in [6, 6.07) is 0. The van der Waals surface area contributed by atoms with Gasteiger partial charge in [0.2, 0.25) is 0 Å². The molecule has 0 aromatic carbocycles. The Balaban J connectivity index is 3.68. The third-order valence-corrected chi connectivity index (χ3v) is 2.36. The van der Waals surface area contributed by atoms with E-state index in [1.807, 2.05) is 19.9 Å². The first-order chi connectivity index (χ1) is 5.57. The zero-order chi connectivity index (χ0) is 9.56. The van der Waals surface area contributed by atoms with Crippen LogP contribution in [0.3, 0.4) is 0 Å². The van der Waals surface area contributed by atoms with Crippen molar-refractivity contribution >= 4 is 11.6 Å². The molecule has 0 aliphatic rings. The standard InChI is InChI=1S/C10H17ClO/c1-8(2)10(11)5-4-9(3)6-7-12/h6,10,12H,1,4-5,7H2,2-3H3/b9-6-. The molecule has 0 radical (unpaired) electrons. The van der Waals surface area contributed by atoms with E-state index in [1.165, 1.54) is 5.57 Å². The number of aliphatic hydroxyl groups is 1. The van der Waals surface area contributed by atoms with Gasteiger partial charge in [-0.25, -0.2) is 0 Å². The Bertz CT molecular complexity index is 173. The molecule has 0 bridgehead atoms. The van der Waals surface area contributed by atoms with Gasteiger partial charge >= 0.3 is 0 Å². The number of halogens is 1. The van der Waals surface area contributed by atoms with Crippen LogP contribution in [0.1, 0.15) is 26.7 Å². The zero-order valence-corrected chi connectivity index (χ0v) is 8.56. The van der Waals surface area contributed by atoms with E-state index in [1.54, 1.807) is 0 Å². The van der Waals surface area contributed by atoms with Gasteiger partial charge in [-0.3, -0.25) is 0 Å². The Morgan fingerprint density at radius 2 is 2.17 bits per heavy atom. The van der Waals surface area contributed by atoms with Gasteiger partial charge in [-0.2, -0.15) is 0 Å². The minimum absolute atomic E-state index is 0.0621. The highest BCUT2D eigenvalue weighted by Crippen LogP contribution is 2.16. The maximum absolute atomic E-state index is 8.58. The fraction of sp³-hybridized carbons (Fsp3) is 0.600. The average Bonchev–Trinajstić information content (AvgIpc) is 2.00. The molecular weight excluding hydrogens is 172 g/mol. The summed E-state index contributed by atoms with van der Waals surface area (Å²) in [5, 5.41) is 8.65. The van der Waals surface area contributed by atoms with Crippen molar-refractivity contribution < 1.29 is 5.11 Å². The first kappa shape index (κ1) is 11.7. The van der Waals surface area contributed by atoms with Gasteiger partial charge in [0.1, 0.15) is 0 Å². The van der Waals surface area contributed by atoms with E-state index < -0.39 is 0 Å². The number of alkyl halides is 1. The van der Waals surface area contributed by atoms with Crippen molar-refractivity contribution in [1.82, 2.24) is 0 Å². The summed E-state index contributed by atoms with van der Waals surface area (Å²) in [7, 11) is 0. The molecular formula is C10H17ClO. The van der Waals surface area contributed by atoms with Crippen LogP contribution in [-0.4, -0.2) is 17.1 Å². The van der Waals surface area contributed by atoms with Gasteiger partial charge in [0.25, 0.3) is 0 Å². The van der Waals surface area contributed by atoms with E-state index in [-0.39, 0.29) is 12.0 Å². The summed E-state index contributed by atoms with van der Waals surface area (Å²) in [5.41, 5.74) is 2.19. The summed E-state index contributed by atoms with van der Waals surface area (Å²) in [5.74, 6) is 0. The molecule has 0 saturated heterocycles. The van der Waals surface area contributed by atoms with E-state index in [0.29, 0.717) is 0 Å². The van der Waals surface area contributed by atoms with Gasteiger partial charge in [0.15, 0.2) is 0 Å². The first-order valence-electron chi connectivity index (χ1n) is 4.14. The number of hydrogen-bond donors (Lipinski definition) is 1. The van der Waals surface area contributed by atoms with Gasteiger partial charge in [0.05, 0.1) is 12.0 Å². The predicted molar refractivity (Wildman–Crippen MR) is 54.5 cm³/mol. The van der Waals surface area contributed by atoms with Crippen LogP contribution in [0, 0.1) is 0 Å². The third kappa shape index (κ3) is 5.39. The Labute approximate surface area is 79.7 Å². The molecule has 1 N–H and O–H groups in total. The van der Waals surface area contributed by atoms with Crippen LogP contribution in [0.15, 0.2) is 23.8 Å². The Morgan fingerprint density at radius 3 is 2.58 bits per heavy atom. The summed E-state index contributed by atoms with van der Waals surface area (Å²) in [4.78, 5) is 0. The maximum atomic E-state index is 8.58. The van der Waals surface area contributed by atoms with Gasteiger partial charge in [0, 0.05) is 0 Å². The molecule has 70 valence electrons. The lowest BCUT2D eigenvalue weighted by Crippen LogP contribution is -1.99. The molecule has 1 atom stereocenters. The third-order valence-electron chi connectivity index (χ3n) is 1.77. The largest absolute Gasteiger partial charge is 0.392 e. The van der Waals surface area contributed by atoms with Crippen molar-refractivity contribution in [3.05, 3.63) is 23.8 Å². The van der Waals surface area contributed by atoms with Gasteiger partial charge in [-0.05, 0) is 26.7 Å². The zero-order valence-electron chi connectivity index (χ0n) is 7.81. The van der Waals surface area contributed by atoms with E-state index in [0.717, 1.165) is 18.4 Å². The molecule has 0 aromatic heterocycles. The minimum atomic E-state index is 0.0621. The van der Waals surface area contributed by atoms with Crippen molar-refractivity contribution in [2.24, 2.45) is 0 Å². The molecule has 0 saturated carbocycles. The van der Waals surface area contributed by atoms with Crippen molar-refractivity contribution in [2.45, 2.75) is 32.1 Å². The van der Waals surface area contributed by atoms with Crippen molar-refractivity contribution in [2.75, 3.05) is 6.61 Å². The second kappa shape index (κ2) is 6.27. The average molecular weight is 189 g/mol. The Morgan fingerprint density at radius 1 is 1.58 bits per heavy atom. The van der Waals surface area contributed by atoms with Crippen LogP contribution in [-0.2, 0) is 0 Å². The molecule has 1 nitrogen and oxygen atoms in total. The second-order valence-electron chi connectivity index (χ2n) is 3.09. The smallest absolute Gasteiger partial charge is 0.0614 e. The number of rotatable bonds is 5. The summed E-state index contributed by atoms with van der Waals surface area (Å²) in [6.45, 7) is 7.83. The van der Waals surface area contributed by atoms with Crippen molar-refractivity contribution in [3.8, 4) is 0 Å². The fourth-order valence-corrected chi connectivity index (χ4v) is 0.968. The lowest BCUT2D eigenvalue weighted by molar-refractivity contribution is 0.341. The van der Waals surface area contributed by atoms with Crippen LogP contribution in [0.5, 0.6) is 0 Å². The summed E-state index contributed by atoms with van der Waals surface area (Å²) < 4.78 is 0. The van der Waals surface area contributed by atoms with Crippen LogP contribution >= 0.6 is 11.6 Å². The van der Waals surface area contributed by atoms with E-state index in [2.05, 4.69) is 6.58 Å². The molecule has 12 heavy (non-hydrogen) atoms. The normalized spacial score (nSPS) is 14.5. The highest BCUT2D eigenvalue weighted by Gasteiger charge is 2.04. The molecule has 0 aromatic rings. The predicted octanol–water partition coefficient (Wildman–Crippen LogP) is 2.89. The lowest BCUT2D eigenvalue weighted by atomic mass is 10.1. The lowest BCUT2D eigenvalue weighted by Gasteiger charge is -2.08. The van der Waals surface area contributed by atoms with Gasteiger partial charge in [-0.1, -0.05) is 23.8 Å². The fourth-order valence-electron chi connectivity index (χ4n) is 0.859. The summed E-state index contributed by atoms with van der Waals surface area (Å²) >= 11 is 5.97. The van der Waals surface area contributed by atoms with Gasteiger partial charge in [-0.15, -0.1) is 11.6 Å². The molecule has 0 aliphatic heterocycles. The van der Waals surface area contributed by atoms with Crippen LogP contribution in [0.4, 0.5) is 0 Å². The molecule has 2 heteroatoms. The molecule has 0 rings (SSSR count). The number of hydrogen-bond acceptors (Lipinski definition) is 1. The van der Waals surface area contributed by atoms with E-state index >= 15 is 0 Å². The Hall–Kier alpha value is -0.270. The molecule has 0 fully saturated rings. The van der Waals surface area contributed by atoms with Crippen molar-refractivity contribution in [3.63, 3.8) is 0 Å². The van der Waals surface area contributed by atoms with Crippen molar-refractivity contribution in [1.29, 1.82) is 0 Å². The maximum Gasteiger partial charge on any atom is 0.0614 e. The monoisotopic (exact) mass is 188 g/mol. The summed E-state index contributed by atoms with van der Waals surface area (Å²) in [6.07, 6.45) is 3.64.